The number of benzene rings is 1. The van der Waals surface area contributed by atoms with E-state index in [4.69, 9.17) is 10.9 Å². The van der Waals surface area contributed by atoms with Crippen molar-refractivity contribution < 1.29 is 10.3 Å². The Kier molecular flexibility index (Phi) is 4.55. The molecule has 1 unspecified atom stereocenters. The van der Waals surface area contributed by atoms with Crippen molar-refractivity contribution >= 4 is 23.3 Å². The molecule has 0 amide bonds. The molecule has 2 rings (SSSR count). The van der Waals surface area contributed by atoms with Crippen LogP contribution in [-0.4, -0.2) is 42.1 Å². The third-order valence-electron chi connectivity index (χ3n) is 3.47. The van der Waals surface area contributed by atoms with Gasteiger partial charge in [-0.3, -0.25) is 0 Å². The number of hydrogen-bond acceptors (Lipinski definition) is 5. The highest BCUT2D eigenvalue weighted by Gasteiger charge is 2.25. The van der Waals surface area contributed by atoms with Crippen LogP contribution in [0.25, 0.3) is 0 Å². The first kappa shape index (κ1) is 14.0. The lowest BCUT2D eigenvalue weighted by atomic mass is 10.1. The minimum Gasteiger partial charge on any atom is -0.409 e. The number of nitrogens with zero attached hydrogens (tertiary/aromatic N) is 2. The molecule has 0 bridgehead atoms. The summed E-state index contributed by atoms with van der Waals surface area (Å²) in [5.41, 5.74) is 7.56. The Hall–Kier alpha value is -1.40. The van der Waals surface area contributed by atoms with E-state index in [0.717, 1.165) is 35.7 Å². The van der Waals surface area contributed by atoms with Crippen molar-refractivity contribution in [1.82, 2.24) is 0 Å². The number of aliphatic hydroxyl groups is 1. The first-order valence-electron chi connectivity index (χ1n) is 6.22. The summed E-state index contributed by atoms with van der Waals surface area (Å²) in [6.45, 7) is 1.90. The van der Waals surface area contributed by atoms with Gasteiger partial charge >= 0.3 is 0 Å². The van der Waals surface area contributed by atoms with Crippen molar-refractivity contribution in [3.8, 4) is 0 Å². The van der Waals surface area contributed by atoms with E-state index in [1.807, 2.05) is 24.5 Å². The first-order valence-corrected chi connectivity index (χ1v) is 7.44. The van der Waals surface area contributed by atoms with E-state index in [0.29, 0.717) is 5.92 Å². The van der Waals surface area contributed by atoms with Crippen molar-refractivity contribution in [2.75, 3.05) is 30.9 Å². The maximum Gasteiger partial charge on any atom is 0.173 e. The van der Waals surface area contributed by atoms with Gasteiger partial charge in [0.1, 0.15) is 0 Å². The highest BCUT2D eigenvalue weighted by molar-refractivity contribution is 7.98. The molecular formula is C13H19N3O2S. The van der Waals surface area contributed by atoms with E-state index in [9.17, 15) is 5.11 Å². The molecule has 0 aliphatic carbocycles. The number of oxime groups is 1. The fourth-order valence-electron chi connectivity index (χ4n) is 2.46. The first-order chi connectivity index (χ1) is 9.21. The Morgan fingerprint density at radius 1 is 1.58 bits per heavy atom. The standard InChI is InChI=1S/C13H19N3O2S/c1-19-11-4-2-3-10(12(11)13(14)15-18)16-6-5-9(7-16)8-17/h2-4,9,17-18H,5-8H2,1H3,(H2,14,15). The fourth-order valence-corrected chi connectivity index (χ4v) is 3.09. The summed E-state index contributed by atoms with van der Waals surface area (Å²) in [5, 5.41) is 21.3. The van der Waals surface area contributed by atoms with Crippen molar-refractivity contribution in [3.63, 3.8) is 0 Å². The maximum atomic E-state index is 9.24. The zero-order chi connectivity index (χ0) is 13.8. The molecule has 19 heavy (non-hydrogen) atoms. The maximum absolute atomic E-state index is 9.24. The molecule has 1 aliphatic heterocycles. The number of hydrogen-bond donors (Lipinski definition) is 3. The predicted molar refractivity (Wildman–Crippen MR) is 78.1 cm³/mol. The average molecular weight is 281 g/mol. The highest BCUT2D eigenvalue weighted by Crippen LogP contribution is 2.32. The molecule has 1 aliphatic rings. The Labute approximate surface area is 117 Å². The van der Waals surface area contributed by atoms with E-state index in [1.54, 1.807) is 11.8 Å². The summed E-state index contributed by atoms with van der Waals surface area (Å²) >= 11 is 1.57. The summed E-state index contributed by atoms with van der Waals surface area (Å²) in [6, 6.07) is 5.91. The van der Waals surface area contributed by atoms with Crippen LogP contribution in [0.2, 0.25) is 0 Å². The quantitative estimate of drug-likeness (QED) is 0.255. The second kappa shape index (κ2) is 6.16. The highest BCUT2D eigenvalue weighted by atomic mass is 32.2. The van der Waals surface area contributed by atoms with Crippen molar-refractivity contribution in [2.24, 2.45) is 16.8 Å². The Balaban J connectivity index is 2.40. The normalized spacial score (nSPS) is 20.0. The molecule has 1 saturated heterocycles. The van der Waals surface area contributed by atoms with Gasteiger partial charge in [0.05, 0.1) is 5.56 Å². The molecule has 0 radical (unpaired) electrons. The van der Waals surface area contributed by atoms with Gasteiger partial charge in [-0.2, -0.15) is 0 Å². The summed E-state index contributed by atoms with van der Waals surface area (Å²) < 4.78 is 0. The lowest BCUT2D eigenvalue weighted by molar-refractivity contribution is 0.238. The van der Waals surface area contributed by atoms with Gasteiger partial charge in [0.15, 0.2) is 5.84 Å². The van der Waals surface area contributed by atoms with Gasteiger partial charge in [-0.05, 0) is 24.8 Å². The molecule has 0 saturated carbocycles. The third kappa shape index (κ3) is 2.79. The Morgan fingerprint density at radius 2 is 2.37 bits per heavy atom. The number of rotatable bonds is 4. The molecule has 6 heteroatoms. The largest absolute Gasteiger partial charge is 0.409 e. The van der Waals surface area contributed by atoms with E-state index < -0.39 is 0 Å². The van der Waals surface area contributed by atoms with Crippen LogP contribution >= 0.6 is 11.8 Å². The number of anilines is 1. The molecule has 1 atom stereocenters. The molecule has 5 nitrogen and oxygen atoms in total. The van der Waals surface area contributed by atoms with Crippen LogP contribution in [0.5, 0.6) is 0 Å². The van der Waals surface area contributed by atoms with Gasteiger partial charge in [0, 0.05) is 36.2 Å². The third-order valence-corrected chi connectivity index (χ3v) is 4.25. The molecule has 1 aromatic rings. The number of amidine groups is 1. The Morgan fingerprint density at radius 3 is 2.95 bits per heavy atom. The number of nitrogens with two attached hydrogens (primary N) is 1. The topological polar surface area (TPSA) is 82.1 Å². The summed E-state index contributed by atoms with van der Waals surface area (Å²) in [6.07, 6.45) is 2.93. The monoisotopic (exact) mass is 281 g/mol. The molecule has 4 N–H and O–H groups in total. The summed E-state index contributed by atoms with van der Waals surface area (Å²) in [4.78, 5) is 3.17. The molecule has 0 aromatic heterocycles. The van der Waals surface area contributed by atoms with Gasteiger partial charge in [-0.15, -0.1) is 11.8 Å². The zero-order valence-corrected chi connectivity index (χ0v) is 11.7. The van der Waals surface area contributed by atoms with Gasteiger partial charge in [-0.1, -0.05) is 11.2 Å². The second-order valence-electron chi connectivity index (χ2n) is 4.62. The number of aliphatic hydroxyl groups excluding tert-OH is 1. The number of thioether (sulfide) groups is 1. The van der Waals surface area contributed by atoms with Crippen LogP contribution in [0.1, 0.15) is 12.0 Å². The van der Waals surface area contributed by atoms with Crippen molar-refractivity contribution in [1.29, 1.82) is 0 Å². The van der Waals surface area contributed by atoms with Gasteiger partial charge in [0.25, 0.3) is 0 Å². The average Bonchev–Trinajstić information content (AvgIpc) is 2.94. The van der Waals surface area contributed by atoms with Gasteiger partial charge < -0.3 is 20.9 Å². The smallest absolute Gasteiger partial charge is 0.173 e. The second-order valence-corrected chi connectivity index (χ2v) is 5.47. The molecule has 104 valence electrons. The summed E-state index contributed by atoms with van der Waals surface area (Å²) in [7, 11) is 0. The molecular weight excluding hydrogens is 262 g/mol. The fraction of sp³-hybridized carbons (Fsp3) is 0.462. The van der Waals surface area contributed by atoms with Crippen LogP contribution in [-0.2, 0) is 0 Å². The predicted octanol–water partition coefficient (Wildman–Crippen LogP) is 1.32. The van der Waals surface area contributed by atoms with E-state index in [-0.39, 0.29) is 12.4 Å². The molecule has 1 heterocycles. The lowest BCUT2D eigenvalue weighted by Gasteiger charge is -2.23. The Bertz CT molecular complexity index is 479. The van der Waals surface area contributed by atoms with Gasteiger partial charge in [-0.25, -0.2) is 0 Å². The van der Waals surface area contributed by atoms with Crippen molar-refractivity contribution in [3.05, 3.63) is 23.8 Å². The lowest BCUT2D eigenvalue weighted by Crippen LogP contribution is -2.25. The van der Waals surface area contributed by atoms with E-state index in [1.165, 1.54) is 0 Å². The van der Waals surface area contributed by atoms with Crippen LogP contribution in [0.3, 0.4) is 0 Å². The molecule has 1 aromatic carbocycles. The minimum absolute atomic E-state index is 0.132. The molecule has 0 spiro atoms. The van der Waals surface area contributed by atoms with Crippen LogP contribution in [0, 0.1) is 5.92 Å². The van der Waals surface area contributed by atoms with Crippen LogP contribution in [0.4, 0.5) is 5.69 Å². The SMILES string of the molecule is CSc1cccc(N2CCC(CO)C2)c1/C(N)=N/O. The van der Waals surface area contributed by atoms with Gasteiger partial charge in [0.2, 0.25) is 0 Å². The molecule has 1 fully saturated rings. The van der Waals surface area contributed by atoms with Crippen LogP contribution in [0.15, 0.2) is 28.3 Å². The zero-order valence-electron chi connectivity index (χ0n) is 10.9. The summed E-state index contributed by atoms with van der Waals surface area (Å²) in [5.74, 6) is 0.436. The van der Waals surface area contributed by atoms with Crippen LogP contribution < -0.4 is 10.6 Å². The van der Waals surface area contributed by atoms with E-state index >= 15 is 0 Å². The van der Waals surface area contributed by atoms with E-state index in [2.05, 4.69) is 10.1 Å². The van der Waals surface area contributed by atoms with Crippen molar-refractivity contribution in [2.45, 2.75) is 11.3 Å². The minimum atomic E-state index is 0.132.